The molecule has 0 aliphatic carbocycles. The molecule has 0 saturated heterocycles. The largest absolute Gasteiger partial charge is 0.324 e. The van der Waals surface area contributed by atoms with Crippen LogP contribution >= 0.6 is 23.5 Å². The van der Waals surface area contributed by atoms with E-state index in [1.54, 1.807) is 36.7 Å². The summed E-state index contributed by atoms with van der Waals surface area (Å²) in [6, 6.07) is 20.1. The van der Waals surface area contributed by atoms with E-state index in [0.717, 1.165) is 11.1 Å². The van der Waals surface area contributed by atoms with Gasteiger partial charge in [-0.1, -0.05) is 66.0 Å². The molecule has 33 heavy (non-hydrogen) atoms. The number of rotatable bonds is 9. The minimum Gasteiger partial charge on any atom is -0.324 e. The second kappa shape index (κ2) is 11.1. The normalized spacial score (nSPS) is 11.0. The van der Waals surface area contributed by atoms with Gasteiger partial charge in [0.25, 0.3) is 5.76 Å². The average molecular weight is 484 g/mol. The molecule has 10 heteroatoms. The number of aromatic nitrogens is 4. The molecular formula is C23H19F2N5OS2. The molecule has 0 saturated carbocycles. The van der Waals surface area contributed by atoms with Crippen LogP contribution in [0.2, 0.25) is 0 Å². The minimum atomic E-state index is -2.57. The molecule has 0 aliphatic heterocycles. The van der Waals surface area contributed by atoms with Crippen LogP contribution in [-0.4, -0.2) is 37.2 Å². The van der Waals surface area contributed by atoms with Crippen molar-refractivity contribution in [2.24, 2.45) is 0 Å². The maximum Gasteiger partial charge on any atom is 0.288 e. The van der Waals surface area contributed by atoms with E-state index in [4.69, 9.17) is 0 Å². The van der Waals surface area contributed by atoms with Gasteiger partial charge >= 0.3 is 0 Å². The third-order valence-electron chi connectivity index (χ3n) is 4.55. The van der Waals surface area contributed by atoms with Crippen LogP contribution in [0.3, 0.4) is 0 Å². The zero-order valence-corrected chi connectivity index (χ0v) is 18.9. The van der Waals surface area contributed by atoms with Gasteiger partial charge in [-0.25, -0.2) is 0 Å². The predicted molar refractivity (Wildman–Crippen MR) is 126 cm³/mol. The highest BCUT2D eigenvalue weighted by molar-refractivity contribution is 8.00. The number of para-hydroxylation sites is 1. The van der Waals surface area contributed by atoms with Gasteiger partial charge in [-0.3, -0.25) is 14.3 Å². The lowest BCUT2D eigenvalue weighted by Crippen LogP contribution is -2.15. The zero-order valence-electron chi connectivity index (χ0n) is 17.3. The van der Waals surface area contributed by atoms with Crippen LogP contribution in [0.5, 0.6) is 0 Å². The van der Waals surface area contributed by atoms with Crippen LogP contribution < -0.4 is 5.32 Å². The number of hydrogen-bond acceptors (Lipinski definition) is 6. The van der Waals surface area contributed by atoms with Gasteiger partial charge in [0, 0.05) is 22.9 Å². The van der Waals surface area contributed by atoms with Crippen molar-refractivity contribution in [3.63, 3.8) is 0 Å². The Bertz CT molecular complexity index is 1210. The predicted octanol–water partition coefficient (Wildman–Crippen LogP) is 5.43. The van der Waals surface area contributed by atoms with Gasteiger partial charge in [-0.2, -0.15) is 8.78 Å². The SMILES string of the molecule is O=C(CSc1nnc(-c2ccncc2)n1Cc1ccccc1)Nc1ccccc1SC(F)F. The first-order valence-corrected chi connectivity index (χ1v) is 11.8. The molecule has 0 fully saturated rings. The fourth-order valence-corrected chi connectivity index (χ4v) is 4.44. The van der Waals surface area contributed by atoms with E-state index in [0.29, 0.717) is 39.9 Å². The number of thioether (sulfide) groups is 2. The first-order chi connectivity index (χ1) is 16.1. The molecule has 0 unspecified atom stereocenters. The highest BCUT2D eigenvalue weighted by Crippen LogP contribution is 2.32. The number of halogens is 2. The molecule has 0 atom stereocenters. The maximum absolute atomic E-state index is 12.8. The summed E-state index contributed by atoms with van der Waals surface area (Å²) in [6.07, 6.45) is 3.37. The van der Waals surface area contributed by atoms with Crippen molar-refractivity contribution < 1.29 is 13.6 Å². The van der Waals surface area contributed by atoms with Crippen LogP contribution in [0.1, 0.15) is 5.56 Å². The quantitative estimate of drug-likeness (QED) is 0.320. The van der Waals surface area contributed by atoms with E-state index in [1.165, 1.54) is 11.8 Å². The lowest BCUT2D eigenvalue weighted by atomic mass is 10.2. The number of nitrogens with zero attached hydrogens (tertiary/aromatic N) is 4. The Morgan fingerprint density at radius 2 is 1.70 bits per heavy atom. The smallest absolute Gasteiger partial charge is 0.288 e. The van der Waals surface area contributed by atoms with Crippen LogP contribution in [-0.2, 0) is 11.3 Å². The van der Waals surface area contributed by atoms with Gasteiger partial charge in [0.15, 0.2) is 11.0 Å². The van der Waals surface area contributed by atoms with Crippen molar-refractivity contribution in [2.45, 2.75) is 22.4 Å². The van der Waals surface area contributed by atoms with E-state index in [1.807, 2.05) is 47.0 Å². The summed E-state index contributed by atoms with van der Waals surface area (Å²) in [4.78, 5) is 16.9. The number of benzene rings is 2. The highest BCUT2D eigenvalue weighted by atomic mass is 32.2. The number of carbonyl (C=O) groups is 1. The zero-order chi connectivity index (χ0) is 23.0. The Morgan fingerprint density at radius 1 is 0.970 bits per heavy atom. The molecule has 168 valence electrons. The minimum absolute atomic E-state index is 0.0525. The van der Waals surface area contributed by atoms with Gasteiger partial charge in [0.05, 0.1) is 18.0 Å². The van der Waals surface area contributed by atoms with Crippen LogP contribution in [0, 0.1) is 0 Å². The number of hydrogen-bond donors (Lipinski definition) is 1. The fraction of sp³-hybridized carbons (Fsp3) is 0.130. The summed E-state index contributed by atoms with van der Waals surface area (Å²) >= 11 is 1.64. The second-order valence-corrected chi connectivity index (χ2v) is 8.80. The Kier molecular flexibility index (Phi) is 7.69. The molecule has 0 bridgehead atoms. The molecule has 1 amide bonds. The van der Waals surface area contributed by atoms with E-state index in [-0.39, 0.29) is 11.7 Å². The topological polar surface area (TPSA) is 72.7 Å². The van der Waals surface area contributed by atoms with Gasteiger partial charge < -0.3 is 5.32 Å². The molecule has 2 aromatic carbocycles. The first-order valence-electron chi connectivity index (χ1n) is 9.94. The van der Waals surface area contributed by atoms with Crippen molar-refractivity contribution in [1.82, 2.24) is 19.7 Å². The number of carbonyl (C=O) groups excluding carboxylic acids is 1. The van der Waals surface area contributed by atoms with E-state index >= 15 is 0 Å². The number of amides is 1. The van der Waals surface area contributed by atoms with E-state index < -0.39 is 5.76 Å². The van der Waals surface area contributed by atoms with Gasteiger partial charge in [0.2, 0.25) is 5.91 Å². The first kappa shape index (κ1) is 22.9. The lowest BCUT2D eigenvalue weighted by molar-refractivity contribution is -0.113. The molecule has 1 N–H and O–H groups in total. The molecular weight excluding hydrogens is 464 g/mol. The fourth-order valence-electron chi connectivity index (χ4n) is 3.10. The Balaban J connectivity index is 1.51. The van der Waals surface area contributed by atoms with Crippen LogP contribution in [0.15, 0.2) is 89.2 Å². The molecule has 6 nitrogen and oxygen atoms in total. The van der Waals surface area contributed by atoms with Crippen molar-refractivity contribution >= 4 is 35.1 Å². The molecule has 0 spiro atoms. The molecule has 2 aromatic heterocycles. The molecule has 4 rings (SSSR count). The average Bonchev–Trinajstić information content (AvgIpc) is 3.22. The van der Waals surface area contributed by atoms with Gasteiger partial charge in [-0.15, -0.1) is 10.2 Å². The second-order valence-electron chi connectivity index (χ2n) is 6.83. The summed E-state index contributed by atoms with van der Waals surface area (Å²) in [5.41, 5.74) is 2.29. The van der Waals surface area contributed by atoms with Crippen molar-refractivity contribution in [2.75, 3.05) is 11.1 Å². The summed E-state index contributed by atoms with van der Waals surface area (Å²) < 4.78 is 27.5. The molecule has 0 radical (unpaired) electrons. The number of nitrogens with one attached hydrogen (secondary N) is 1. The summed E-state index contributed by atoms with van der Waals surface area (Å²) in [7, 11) is 0. The van der Waals surface area contributed by atoms with Crippen molar-refractivity contribution in [1.29, 1.82) is 0 Å². The Hall–Kier alpha value is -3.24. The standard InChI is InChI=1S/C23H19F2N5OS2/c24-22(25)33-19-9-5-4-8-18(19)27-20(31)15-32-23-29-28-21(17-10-12-26-13-11-17)30(23)14-16-6-2-1-3-7-16/h1-13,22H,14-15H2,(H,27,31). The van der Waals surface area contributed by atoms with Gasteiger partial charge in [-0.05, 0) is 29.8 Å². The lowest BCUT2D eigenvalue weighted by Gasteiger charge is -2.12. The van der Waals surface area contributed by atoms with E-state index in [9.17, 15) is 13.6 Å². The van der Waals surface area contributed by atoms with Gasteiger partial charge in [0.1, 0.15) is 0 Å². The monoisotopic (exact) mass is 483 g/mol. The summed E-state index contributed by atoms with van der Waals surface area (Å²) in [6.45, 7) is 0.531. The number of alkyl halides is 2. The highest BCUT2D eigenvalue weighted by Gasteiger charge is 2.17. The van der Waals surface area contributed by atoms with Crippen molar-refractivity contribution in [3.8, 4) is 11.4 Å². The maximum atomic E-state index is 12.8. The number of pyridine rings is 1. The van der Waals surface area contributed by atoms with Crippen molar-refractivity contribution in [3.05, 3.63) is 84.7 Å². The summed E-state index contributed by atoms with van der Waals surface area (Å²) in [5.74, 6) is -2.16. The third-order valence-corrected chi connectivity index (χ3v) is 6.30. The Labute approximate surface area is 197 Å². The molecule has 4 aromatic rings. The molecule has 0 aliphatic rings. The van der Waals surface area contributed by atoms with E-state index in [2.05, 4.69) is 20.5 Å². The summed E-state index contributed by atoms with van der Waals surface area (Å²) in [5, 5.41) is 11.9. The van der Waals surface area contributed by atoms with Crippen LogP contribution in [0.25, 0.3) is 11.4 Å². The Morgan fingerprint density at radius 3 is 2.45 bits per heavy atom. The number of anilines is 1. The third kappa shape index (κ3) is 6.17. The molecule has 2 heterocycles. The van der Waals surface area contributed by atoms with Crippen LogP contribution in [0.4, 0.5) is 14.5 Å².